The number of nitrogens with one attached hydrogen (secondary N) is 1. The van der Waals surface area contributed by atoms with Crippen LogP contribution in [-0.2, 0) is 4.79 Å². The second-order valence-corrected chi connectivity index (χ2v) is 4.48. The molecule has 0 heterocycles. The van der Waals surface area contributed by atoms with Crippen LogP contribution in [0.3, 0.4) is 0 Å². The number of carbonyl (C=O) groups excluding carboxylic acids is 1. The van der Waals surface area contributed by atoms with Gasteiger partial charge < -0.3 is 15.5 Å². The Hall–Kier alpha value is -1.17. The highest BCUT2D eigenvalue weighted by atomic mass is 35.5. The molecule has 0 aliphatic heterocycles. The van der Waals surface area contributed by atoms with Crippen LogP contribution < -0.4 is 5.32 Å². The van der Waals surface area contributed by atoms with Gasteiger partial charge in [0.2, 0.25) is 5.91 Å². The first-order chi connectivity index (χ1) is 8.32. The monoisotopic (exact) mass is 275 g/mol. The lowest BCUT2D eigenvalue weighted by Crippen LogP contribution is -2.34. The van der Waals surface area contributed by atoms with Crippen LogP contribution in [0.25, 0.3) is 0 Å². The maximum atomic E-state index is 13.4. The summed E-state index contributed by atoms with van der Waals surface area (Å²) >= 11 is 5.88. The van der Waals surface area contributed by atoms with Crippen molar-refractivity contribution in [3.8, 4) is 0 Å². The van der Waals surface area contributed by atoms with Gasteiger partial charge in [-0.15, -0.1) is 0 Å². The minimum absolute atomic E-state index is 0.0950. The van der Waals surface area contributed by atoms with E-state index in [1.807, 2.05) is 0 Å². The molecule has 1 rings (SSSR count). The van der Waals surface area contributed by atoms with E-state index < -0.39 is 18.0 Å². The van der Waals surface area contributed by atoms with E-state index in [1.54, 1.807) is 6.92 Å². The van der Waals surface area contributed by atoms with Gasteiger partial charge in [-0.1, -0.05) is 11.6 Å². The Morgan fingerprint density at radius 2 is 2.11 bits per heavy atom. The zero-order valence-corrected chi connectivity index (χ0v) is 10.8. The van der Waals surface area contributed by atoms with Crippen molar-refractivity contribution in [1.82, 2.24) is 5.32 Å². The van der Waals surface area contributed by atoms with Crippen LogP contribution in [0.4, 0.5) is 4.39 Å². The molecule has 18 heavy (non-hydrogen) atoms. The summed E-state index contributed by atoms with van der Waals surface area (Å²) in [5.74, 6) is -0.845. The largest absolute Gasteiger partial charge is 0.388 e. The predicted molar refractivity (Wildman–Crippen MR) is 65.8 cm³/mol. The number of benzene rings is 1. The number of rotatable bonds is 4. The molecule has 1 aromatic rings. The first-order valence-corrected chi connectivity index (χ1v) is 5.76. The van der Waals surface area contributed by atoms with E-state index in [0.717, 1.165) is 6.07 Å². The first-order valence-electron chi connectivity index (χ1n) is 5.39. The van der Waals surface area contributed by atoms with Gasteiger partial charge in [-0.3, -0.25) is 4.79 Å². The van der Waals surface area contributed by atoms with Crippen molar-refractivity contribution in [2.45, 2.75) is 26.1 Å². The maximum absolute atomic E-state index is 13.4. The van der Waals surface area contributed by atoms with Crippen molar-refractivity contribution in [1.29, 1.82) is 0 Å². The van der Waals surface area contributed by atoms with Crippen LogP contribution in [0.1, 0.15) is 24.2 Å². The van der Waals surface area contributed by atoms with Crippen LogP contribution in [0, 0.1) is 12.7 Å². The van der Waals surface area contributed by atoms with Crippen molar-refractivity contribution in [2.75, 3.05) is 6.54 Å². The molecule has 2 unspecified atom stereocenters. The maximum Gasteiger partial charge on any atom is 0.216 e. The molecule has 0 aromatic heterocycles. The Morgan fingerprint density at radius 3 is 2.67 bits per heavy atom. The Balaban J connectivity index is 2.86. The fraction of sp³-hybridized carbons (Fsp3) is 0.417. The number of amides is 1. The molecule has 0 saturated carbocycles. The Labute approximate surface area is 109 Å². The number of aliphatic hydroxyl groups is 2. The average Bonchev–Trinajstić information content (AvgIpc) is 2.29. The van der Waals surface area contributed by atoms with Crippen LogP contribution >= 0.6 is 11.6 Å². The van der Waals surface area contributed by atoms with Gasteiger partial charge in [0.05, 0.1) is 0 Å². The molecule has 0 bridgehead atoms. The number of carbonyl (C=O) groups is 1. The normalized spacial score (nSPS) is 14.1. The van der Waals surface area contributed by atoms with Gasteiger partial charge in [-0.25, -0.2) is 4.39 Å². The Kier molecular flexibility index (Phi) is 5.07. The molecule has 0 radical (unpaired) electrons. The quantitative estimate of drug-likeness (QED) is 0.776. The minimum Gasteiger partial charge on any atom is -0.388 e. The van der Waals surface area contributed by atoms with E-state index in [9.17, 15) is 19.4 Å². The lowest BCUT2D eigenvalue weighted by atomic mass is 10.0. The molecule has 0 saturated heterocycles. The summed E-state index contributed by atoms with van der Waals surface area (Å²) in [4.78, 5) is 10.7. The molecular weight excluding hydrogens is 261 g/mol. The number of halogens is 2. The molecular formula is C12H15ClFNO3. The Bertz CT molecular complexity index is 453. The molecule has 6 heteroatoms. The summed E-state index contributed by atoms with van der Waals surface area (Å²) < 4.78 is 13.4. The lowest BCUT2D eigenvalue weighted by Gasteiger charge is -2.19. The van der Waals surface area contributed by atoms with Gasteiger partial charge in [-0.05, 0) is 24.6 Å². The fourth-order valence-corrected chi connectivity index (χ4v) is 1.79. The van der Waals surface area contributed by atoms with Gasteiger partial charge >= 0.3 is 0 Å². The van der Waals surface area contributed by atoms with Crippen LogP contribution in [-0.4, -0.2) is 28.8 Å². The predicted octanol–water partition coefficient (Wildman–Crippen LogP) is 1.32. The molecule has 4 nitrogen and oxygen atoms in total. The second kappa shape index (κ2) is 6.13. The van der Waals surface area contributed by atoms with Crippen molar-refractivity contribution in [3.63, 3.8) is 0 Å². The van der Waals surface area contributed by atoms with Crippen LogP contribution in [0.5, 0.6) is 0 Å². The minimum atomic E-state index is -1.36. The lowest BCUT2D eigenvalue weighted by molar-refractivity contribution is -0.119. The third kappa shape index (κ3) is 3.66. The smallest absolute Gasteiger partial charge is 0.216 e. The molecule has 0 fully saturated rings. The van der Waals surface area contributed by atoms with Gasteiger partial charge in [-0.2, -0.15) is 0 Å². The van der Waals surface area contributed by atoms with Crippen LogP contribution in [0.15, 0.2) is 12.1 Å². The zero-order valence-electron chi connectivity index (χ0n) is 10.1. The molecule has 0 aliphatic carbocycles. The number of aryl methyl sites for hydroxylation is 1. The summed E-state index contributed by atoms with van der Waals surface area (Å²) in [5, 5.41) is 22.0. The first kappa shape index (κ1) is 14.9. The fourth-order valence-electron chi connectivity index (χ4n) is 1.46. The standard InChI is InChI=1S/C12H15ClFNO3/c1-6-3-9(13)8(4-10(6)14)12(18)11(17)5-15-7(2)16/h3-4,11-12,17-18H,5H2,1-2H3,(H,15,16). The molecule has 100 valence electrons. The third-order valence-corrected chi connectivity index (χ3v) is 2.85. The number of aliphatic hydroxyl groups excluding tert-OH is 2. The summed E-state index contributed by atoms with van der Waals surface area (Å²) in [5.41, 5.74) is 0.449. The van der Waals surface area contributed by atoms with Crippen molar-refractivity contribution < 1.29 is 19.4 Å². The third-order valence-electron chi connectivity index (χ3n) is 2.52. The van der Waals surface area contributed by atoms with Gasteiger partial charge in [0.1, 0.15) is 18.0 Å². The number of hydrogen-bond donors (Lipinski definition) is 3. The van der Waals surface area contributed by atoms with Gasteiger partial charge in [0, 0.05) is 24.1 Å². The highest BCUT2D eigenvalue weighted by Crippen LogP contribution is 2.27. The van der Waals surface area contributed by atoms with Crippen molar-refractivity contribution in [2.24, 2.45) is 0 Å². The van der Waals surface area contributed by atoms with E-state index in [4.69, 9.17) is 11.6 Å². The zero-order chi connectivity index (χ0) is 13.9. The Morgan fingerprint density at radius 1 is 1.50 bits per heavy atom. The average molecular weight is 276 g/mol. The number of hydrogen-bond acceptors (Lipinski definition) is 3. The summed E-state index contributed by atoms with van der Waals surface area (Å²) in [7, 11) is 0. The van der Waals surface area contributed by atoms with Crippen molar-refractivity contribution in [3.05, 3.63) is 34.1 Å². The van der Waals surface area contributed by atoms with E-state index in [-0.39, 0.29) is 23.0 Å². The molecule has 3 N–H and O–H groups in total. The molecule has 0 aliphatic rings. The second-order valence-electron chi connectivity index (χ2n) is 4.07. The molecule has 0 spiro atoms. The van der Waals surface area contributed by atoms with E-state index >= 15 is 0 Å². The van der Waals surface area contributed by atoms with E-state index in [1.165, 1.54) is 13.0 Å². The highest BCUT2D eigenvalue weighted by molar-refractivity contribution is 6.31. The van der Waals surface area contributed by atoms with Gasteiger partial charge in [0.15, 0.2) is 0 Å². The van der Waals surface area contributed by atoms with E-state index in [2.05, 4.69) is 5.32 Å². The summed E-state index contributed by atoms with van der Waals surface area (Å²) in [6.45, 7) is 2.70. The SMILES string of the molecule is CC(=O)NCC(O)C(O)c1cc(F)c(C)cc1Cl. The highest BCUT2D eigenvalue weighted by Gasteiger charge is 2.22. The molecule has 2 atom stereocenters. The van der Waals surface area contributed by atoms with Crippen molar-refractivity contribution >= 4 is 17.5 Å². The molecule has 1 aromatic carbocycles. The topological polar surface area (TPSA) is 69.6 Å². The van der Waals surface area contributed by atoms with Gasteiger partial charge in [0.25, 0.3) is 0 Å². The summed E-state index contributed by atoms with van der Waals surface area (Å²) in [6.07, 6.45) is -2.62. The summed E-state index contributed by atoms with van der Waals surface area (Å²) in [6, 6.07) is 2.46. The van der Waals surface area contributed by atoms with Crippen LogP contribution in [0.2, 0.25) is 5.02 Å². The van der Waals surface area contributed by atoms with E-state index in [0.29, 0.717) is 5.56 Å². The molecule has 1 amide bonds.